The van der Waals surface area contributed by atoms with Crippen LogP contribution in [0.3, 0.4) is 0 Å². The Labute approximate surface area is 162 Å². The van der Waals surface area contributed by atoms with Crippen molar-refractivity contribution >= 4 is 34.1 Å². The summed E-state index contributed by atoms with van der Waals surface area (Å²) in [5.74, 6) is 0.678. The first-order valence-electron chi connectivity index (χ1n) is 8.62. The second-order valence-electron chi connectivity index (χ2n) is 7.54. The minimum Gasteiger partial charge on any atom is -0.301 e. The van der Waals surface area contributed by atoms with Gasteiger partial charge in [-0.15, -0.1) is 11.3 Å². The second kappa shape index (κ2) is 7.77. The number of fused-ring (bicyclic) bond motifs is 1. The Kier molecular flexibility index (Phi) is 5.64. The van der Waals surface area contributed by atoms with Crippen molar-refractivity contribution in [2.75, 3.05) is 11.1 Å². The Morgan fingerprint density at radius 1 is 1.50 bits per heavy atom. The number of pyridine rings is 1. The van der Waals surface area contributed by atoms with Crippen LogP contribution in [0.5, 0.6) is 0 Å². The number of nitriles is 1. The Morgan fingerprint density at radius 3 is 2.96 bits per heavy atom. The Morgan fingerprint density at radius 2 is 2.31 bits per heavy atom. The molecule has 136 valence electrons. The van der Waals surface area contributed by atoms with Gasteiger partial charge >= 0.3 is 0 Å². The number of anilines is 1. The van der Waals surface area contributed by atoms with Gasteiger partial charge in [-0.25, -0.2) is 9.97 Å². The van der Waals surface area contributed by atoms with Gasteiger partial charge in [0.25, 0.3) is 0 Å². The molecule has 0 spiro atoms. The number of hydrogen-bond donors (Lipinski definition) is 1. The Bertz CT molecular complexity index is 834. The molecule has 26 heavy (non-hydrogen) atoms. The van der Waals surface area contributed by atoms with Crippen molar-refractivity contribution in [2.45, 2.75) is 45.1 Å². The molecule has 7 heteroatoms. The third-order valence-corrected chi connectivity index (χ3v) is 6.40. The van der Waals surface area contributed by atoms with Crippen molar-refractivity contribution in [3.05, 3.63) is 34.5 Å². The van der Waals surface area contributed by atoms with Crippen LogP contribution in [0.4, 0.5) is 5.13 Å². The maximum Gasteiger partial charge on any atom is 0.236 e. The maximum absolute atomic E-state index is 12.0. The minimum absolute atomic E-state index is 0.138. The fourth-order valence-electron chi connectivity index (χ4n) is 3.15. The molecule has 0 bridgehead atoms. The van der Waals surface area contributed by atoms with E-state index >= 15 is 0 Å². The monoisotopic (exact) mass is 386 g/mol. The van der Waals surface area contributed by atoms with Gasteiger partial charge in [-0.2, -0.15) is 5.26 Å². The Hall–Kier alpha value is -1.91. The van der Waals surface area contributed by atoms with Gasteiger partial charge in [-0.1, -0.05) is 32.5 Å². The number of hydrogen-bond acceptors (Lipinski definition) is 6. The predicted octanol–water partition coefficient (Wildman–Crippen LogP) is 4.29. The highest BCUT2D eigenvalue weighted by Gasteiger charge is 2.30. The van der Waals surface area contributed by atoms with Crippen molar-refractivity contribution in [3.8, 4) is 6.07 Å². The number of aryl methyl sites for hydroxylation is 1. The lowest BCUT2D eigenvalue weighted by Gasteiger charge is -2.34. The van der Waals surface area contributed by atoms with Crippen LogP contribution < -0.4 is 5.32 Å². The molecule has 1 unspecified atom stereocenters. The van der Waals surface area contributed by atoms with Crippen LogP contribution in [0.1, 0.15) is 44.0 Å². The van der Waals surface area contributed by atoms with Crippen LogP contribution in [0, 0.1) is 22.7 Å². The number of amides is 1. The highest BCUT2D eigenvalue weighted by Crippen LogP contribution is 2.38. The van der Waals surface area contributed by atoms with E-state index in [0.29, 0.717) is 21.6 Å². The number of carbonyl (C=O) groups excluding carboxylic acids is 1. The molecule has 0 saturated heterocycles. The van der Waals surface area contributed by atoms with E-state index in [4.69, 9.17) is 4.98 Å². The summed E-state index contributed by atoms with van der Waals surface area (Å²) in [6.45, 7) is 6.81. The highest BCUT2D eigenvalue weighted by atomic mass is 32.2. The lowest BCUT2D eigenvalue weighted by molar-refractivity contribution is -0.113. The number of aromatic nitrogens is 2. The fourth-order valence-corrected chi connectivity index (χ4v) is 4.47. The summed E-state index contributed by atoms with van der Waals surface area (Å²) < 4.78 is 0. The first kappa shape index (κ1) is 18.9. The lowest BCUT2D eigenvalue weighted by Crippen LogP contribution is -2.27. The van der Waals surface area contributed by atoms with Crippen LogP contribution in [-0.4, -0.2) is 21.6 Å². The van der Waals surface area contributed by atoms with Crippen molar-refractivity contribution in [3.63, 3.8) is 0 Å². The molecule has 0 saturated carbocycles. The predicted molar refractivity (Wildman–Crippen MR) is 105 cm³/mol. The molecule has 3 rings (SSSR count). The molecule has 2 aromatic rings. The molecule has 5 nitrogen and oxygen atoms in total. The number of rotatable bonds is 4. The van der Waals surface area contributed by atoms with Crippen molar-refractivity contribution < 1.29 is 4.79 Å². The summed E-state index contributed by atoms with van der Waals surface area (Å²) in [5, 5.41) is 15.3. The number of thiazole rings is 1. The van der Waals surface area contributed by atoms with Crippen molar-refractivity contribution in [1.29, 1.82) is 5.26 Å². The SMILES string of the molecule is CC(C)(C)C1CCc2nc(SCC(=O)Nc3nccs3)c(C#N)cc2C1. The van der Waals surface area contributed by atoms with Gasteiger partial charge < -0.3 is 5.32 Å². The average Bonchev–Trinajstić information content (AvgIpc) is 3.10. The molecule has 0 aromatic carbocycles. The fraction of sp³-hybridized carbons (Fsp3) is 0.474. The molecule has 1 atom stereocenters. The van der Waals surface area contributed by atoms with Crippen LogP contribution in [0.2, 0.25) is 0 Å². The van der Waals surface area contributed by atoms with Crippen LogP contribution in [-0.2, 0) is 17.6 Å². The average molecular weight is 387 g/mol. The standard InChI is InChI=1S/C19H22N4OS2/c1-19(2,3)14-4-5-15-12(9-14)8-13(10-20)17(22-15)26-11-16(24)23-18-21-6-7-25-18/h6-8,14H,4-5,9,11H2,1-3H3,(H,21,23,24). The van der Waals surface area contributed by atoms with Gasteiger partial charge in [0.1, 0.15) is 11.1 Å². The van der Waals surface area contributed by atoms with E-state index < -0.39 is 0 Å². The molecular weight excluding hydrogens is 364 g/mol. The molecule has 1 aliphatic carbocycles. The first-order valence-corrected chi connectivity index (χ1v) is 10.5. The lowest BCUT2D eigenvalue weighted by atomic mass is 9.71. The van der Waals surface area contributed by atoms with Gasteiger partial charge in [0.2, 0.25) is 5.91 Å². The zero-order chi connectivity index (χ0) is 18.7. The third-order valence-electron chi connectivity index (χ3n) is 4.72. The maximum atomic E-state index is 12.0. The summed E-state index contributed by atoms with van der Waals surface area (Å²) in [7, 11) is 0. The molecule has 1 amide bonds. The molecule has 2 heterocycles. The van der Waals surface area contributed by atoms with Gasteiger partial charge in [0.15, 0.2) is 5.13 Å². The van der Waals surface area contributed by atoms with Gasteiger partial charge in [-0.05, 0) is 42.2 Å². The van der Waals surface area contributed by atoms with E-state index in [2.05, 4.69) is 37.1 Å². The third kappa shape index (κ3) is 4.43. The summed E-state index contributed by atoms with van der Waals surface area (Å²) in [4.78, 5) is 20.8. The number of nitrogens with zero attached hydrogens (tertiary/aromatic N) is 3. The molecule has 2 aromatic heterocycles. The van der Waals surface area contributed by atoms with E-state index in [1.54, 1.807) is 6.20 Å². The van der Waals surface area contributed by atoms with Crippen molar-refractivity contribution in [1.82, 2.24) is 9.97 Å². The highest BCUT2D eigenvalue weighted by molar-refractivity contribution is 8.00. The Balaban J connectivity index is 1.71. The molecule has 1 N–H and O–H groups in total. The zero-order valence-electron chi connectivity index (χ0n) is 15.2. The summed E-state index contributed by atoms with van der Waals surface area (Å²) >= 11 is 2.69. The van der Waals surface area contributed by atoms with Gasteiger partial charge in [0.05, 0.1) is 11.3 Å². The van der Waals surface area contributed by atoms with E-state index in [-0.39, 0.29) is 17.1 Å². The number of carbonyl (C=O) groups is 1. The molecule has 0 fully saturated rings. The van der Waals surface area contributed by atoms with E-state index in [1.807, 2.05) is 11.4 Å². The summed E-state index contributed by atoms with van der Waals surface area (Å²) in [6, 6.07) is 4.22. The zero-order valence-corrected chi connectivity index (χ0v) is 16.8. The number of thioether (sulfide) groups is 1. The normalized spacial score (nSPS) is 16.6. The molecule has 0 aliphatic heterocycles. The number of nitrogens with one attached hydrogen (secondary N) is 1. The summed E-state index contributed by atoms with van der Waals surface area (Å²) in [5.41, 5.74) is 3.08. The topological polar surface area (TPSA) is 78.7 Å². The van der Waals surface area contributed by atoms with Crippen LogP contribution >= 0.6 is 23.1 Å². The van der Waals surface area contributed by atoms with Gasteiger partial charge in [0, 0.05) is 17.3 Å². The van der Waals surface area contributed by atoms with Crippen molar-refractivity contribution in [2.24, 2.45) is 11.3 Å². The van der Waals surface area contributed by atoms with Crippen LogP contribution in [0.15, 0.2) is 22.7 Å². The van der Waals surface area contributed by atoms with E-state index in [9.17, 15) is 10.1 Å². The van der Waals surface area contributed by atoms with Gasteiger partial charge in [-0.3, -0.25) is 4.79 Å². The van der Waals surface area contributed by atoms with E-state index in [1.165, 1.54) is 28.7 Å². The smallest absolute Gasteiger partial charge is 0.236 e. The molecule has 0 radical (unpaired) electrons. The summed E-state index contributed by atoms with van der Waals surface area (Å²) in [6.07, 6.45) is 4.67. The second-order valence-corrected chi connectivity index (χ2v) is 9.40. The largest absolute Gasteiger partial charge is 0.301 e. The van der Waals surface area contributed by atoms with Crippen LogP contribution in [0.25, 0.3) is 0 Å². The first-order chi connectivity index (χ1) is 12.4. The molecular formula is C19H22N4OS2. The van der Waals surface area contributed by atoms with E-state index in [0.717, 1.165) is 25.0 Å². The quantitative estimate of drug-likeness (QED) is 0.793. The molecule has 1 aliphatic rings. The minimum atomic E-state index is -0.138.